The number of hydrogen-bond donors (Lipinski definition) is 0. The Hall–Kier alpha value is -3.08. The molecule has 1 atom stereocenters. The number of anilines is 1. The smallest absolute Gasteiger partial charge is 0.289 e. The van der Waals surface area contributed by atoms with Crippen molar-refractivity contribution in [3.63, 3.8) is 0 Å². The van der Waals surface area contributed by atoms with E-state index >= 15 is 0 Å². The van der Waals surface area contributed by atoms with E-state index in [2.05, 4.69) is 35.2 Å². The summed E-state index contributed by atoms with van der Waals surface area (Å²) in [6, 6.07) is 18.1. The summed E-state index contributed by atoms with van der Waals surface area (Å²) in [5.74, 6) is 0.378. The van der Waals surface area contributed by atoms with Crippen LogP contribution in [0.25, 0.3) is 0 Å². The Labute approximate surface area is 158 Å². The van der Waals surface area contributed by atoms with Crippen LogP contribution < -0.4 is 4.90 Å². The largest absolute Gasteiger partial charge is 0.459 e. The number of fused-ring (bicyclic) bond motifs is 2. The molecular formula is C22H21N3O2. The Kier molecular flexibility index (Phi) is 3.74. The van der Waals surface area contributed by atoms with E-state index in [0.29, 0.717) is 12.3 Å². The fraction of sp³-hybridized carbons (Fsp3) is 0.273. The highest BCUT2D eigenvalue weighted by molar-refractivity contribution is 5.91. The van der Waals surface area contributed by atoms with Crippen LogP contribution in [-0.2, 0) is 12.0 Å². The van der Waals surface area contributed by atoms with Gasteiger partial charge in [0.05, 0.1) is 23.1 Å². The third kappa shape index (κ3) is 2.70. The summed E-state index contributed by atoms with van der Waals surface area (Å²) in [6.07, 6.45) is 4.34. The molecule has 1 spiro atoms. The van der Waals surface area contributed by atoms with Crippen molar-refractivity contribution in [3.8, 4) is 0 Å². The Morgan fingerprint density at radius 3 is 2.78 bits per heavy atom. The molecule has 0 radical (unpaired) electrons. The molecule has 0 saturated carbocycles. The van der Waals surface area contributed by atoms with E-state index < -0.39 is 0 Å². The average molecular weight is 359 g/mol. The molecule has 1 aromatic carbocycles. The maximum atomic E-state index is 12.7. The number of pyridine rings is 1. The van der Waals surface area contributed by atoms with E-state index in [4.69, 9.17) is 9.40 Å². The molecule has 0 N–H and O–H groups in total. The van der Waals surface area contributed by atoms with Gasteiger partial charge in [0.1, 0.15) is 0 Å². The standard InChI is InChI=1S/C22H21N3O2/c26-21(19-9-5-13-27-19)24-12-10-22(15-24)16-25(14-17-6-2-1-3-7-17)18-8-4-11-23-20(18)22/h1-9,11,13H,10,12,14-16H2. The molecule has 2 aliphatic heterocycles. The first-order chi connectivity index (χ1) is 13.3. The predicted molar refractivity (Wildman–Crippen MR) is 103 cm³/mol. The van der Waals surface area contributed by atoms with Gasteiger partial charge in [-0.2, -0.15) is 0 Å². The lowest BCUT2D eigenvalue weighted by molar-refractivity contribution is 0.0752. The first kappa shape index (κ1) is 16.1. The number of nitrogens with zero attached hydrogens (tertiary/aromatic N) is 3. The van der Waals surface area contributed by atoms with Gasteiger partial charge in [-0.15, -0.1) is 0 Å². The number of rotatable bonds is 3. The van der Waals surface area contributed by atoms with Crippen molar-refractivity contribution in [2.45, 2.75) is 18.4 Å². The zero-order valence-corrected chi connectivity index (χ0v) is 15.0. The van der Waals surface area contributed by atoms with Crippen LogP contribution in [0.2, 0.25) is 0 Å². The van der Waals surface area contributed by atoms with Gasteiger partial charge < -0.3 is 14.2 Å². The molecule has 5 heteroatoms. The second kappa shape index (κ2) is 6.27. The fourth-order valence-corrected chi connectivity index (χ4v) is 4.46. The molecule has 2 aromatic heterocycles. The molecule has 5 nitrogen and oxygen atoms in total. The number of carbonyl (C=O) groups is 1. The zero-order chi connectivity index (χ0) is 18.3. The first-order valence-electron chi connectivity index (χ1n) is 9.32. The summed E-state index contributed by atoms with van der Waals surface area (Å²) >= 11 is 0. The number of hydrogen-bond acceptors (Lipinski definition) is 4. The molecule has 0 aliphatic carbocycles. The highest BCUT2D eigenvalue weighted by Crippen LogP contribution is 2.45. The molecule has 0 bridgehead atoms. The van der Waals surface area contributed by atoms with Crippen LogP contribution in [0, 0.1) is 0 Å². The van der Waals surface area contributed by atoms with Crippen LogP contribution in [0.1, 0.15) is 28.2 Å². The van der Waals surface area contributed by atoms with Crippen molar-refractivity contribution < 1.29 is 9.21 Å². The van der Waals surface area contributed by atoms with Crippen molar-refractivity contribution in [2.75, 3.05) is 24.5 Å². The Balaban J connectivity index is 1.43. The number of carbonyl (C=O) groups excluding carboxylic acids is 1. The summed E-state index contributed by atoms with van der Waals surface area (Å²) in [4.78, 5) is 21.8. The molecule has 1 fully saturated rings. The van der Waals surface area contributed by atoms with Crippen molar-refractivity contribution in [2.24, 2.45) is 0 Å². The molecular weight excluding hydrogens is 338 g/mol. The topological polar surface area (TPSA) is 49.6 Å². The van der Waals surface area contributed by atoms with Crippen molar-refractivity contribution in [1.29, 1.82) is 0 Å². The molecule has 4 heterocycles. The molecule has 136 valence electrons. The summed E-state index contributed by atoms with van der Waals surface area (Å²) in [5, 5.41) is 0. The summed E-state index contributed by atoms with van der Waals surface area (Å²) in [7, 11) is 0. The molecule has 5 rings (SSSR count). The van der Waals surface area contributed by atoms with Gasteiger partial charge in [-0.1, -0.05) is 30.3 Å². The lowest BCUT2D eigenvalue weighted by Gasteiger charge is -2.25. The van der Waals surface area contributed by atoms with Crippen molar-refractivity contribution in [1.82, 2.24) is 9.88 Å². The minimum atomic E-state index is -0.104. The predicted octanol–water partition coefficient (Wildman–Crippen LogP) is 3.48. The number of benzene rings is 1. The van der Waals surface area contributed by atoms with Crippen molar-refractivity contribution >= 4 is 11.6 Å². The maximum Gasteiger partial charge on any atom is 0.289 e. The Bertz CT molecular complexity index is 955. The second-order valence-electron chi connectivity index (χ2n) is 7.45. The van der Waals surface area contributed by atoms with Crippen LogP contribution in [0.5, 0.6) is 0 Å². The molecule has 1 unspecified atom stereocenters. The van der Waals surface area contributed by atoms with E-state index in [1.54, 1.807) is 18.4 Å². The third-order valence-electron chi connectivity index (χ3n) is 5.71. The van der Waals surface area contributed by atoms with E-state index in [1.165, 1.54) is 11.3 Å². The molecule has 27 heavy (non-hydrogen) atoms. The molecule has 2 aliphatic rings. The van der Waals surface area contributed by atoms with Gasteiger partial charge in [0, 0.05) is 32.4 Å². The minimum Gasteiger partial charge on any atom is -0.459 e. The molecule has 3 aromatic rings. The Morgan fingerprint density at radius 1 is 1.07 bits per heavy atom. The van der Waals surface area contributed by atoms with E-state index in [0.717, 1.165) is 31.7 Å². The monoisotopic (exact) mass is 359 g/mol. The number of likely N-dealkylation sites (tertiary alicyclic amines) is 1. The summed E-state index contributed by atoms with van der Waals surface area (Å²) < 4.78 is 5.31. The third-order valence-corrected chi connectivity index (χ3v) is 5.71. The van der Waals surface area contributed by atoms with Gasteiger partial charge in [-0.25, -0.2) is 0 Å². The average Bonchev–Trinajstić information content (AvgIpc) is 3.44. The number of amides is 1. The summed E-state index contributed by atoms with van der Waals surface area (Å²) in [6.45, 7) is 3.15. The van der Waals surface area contributed by atoms with Gasteiger partial charge in [0.2, 0.25) is 0 Å². The fourth-order valence-electron chi connectivity index (χ4n) is 4.46. The summed E-state index contributed by atoms with van der Waals surface area (Å²) in [5.41, 5.74) is 3.49. The van der Waals surface area contributed by atoms with Gasteiger partial charge in [0.25, 0.3) is 5.91 Å². The van der Waals surface area contributed by atoms with Gasteiger partial charge in [-0.05, 0) is 36.2 Å². The van der Waals surface area contributed by atoms with Crippen LogP contribution in [-0.4, -0.2) is 35.4 Å². The highest BCUT2D eigenvalue weighted by Gasteiger charge is 2.49. The lowest BCUT2D eigenvalue weighted by atomic mass is 9.85. The first-order valence-corrected chi connectivity index (χ1v) is 9.32. The number of aromatic nitrogens is 1. The SMILES string of the molecule is O=C(c1ccco1)N1CCC2(C1)CN(Cc1ccccc1)c1cccnc12. The van der Waals surface area contributed by atoms with Crippen LogP contribution >= 0.6 is 0 Å². The second-order valence-corrected chi connectivity index (χ2v) is 7.45. The molecule has 1 amide bonds. The van der Waals surface area contributed by atoms with Crippen LogP contribution in [0.15, 0.2) is 71.5 Å². The number of furan rings is 1. The normalized spacial score (nSPS) is 21.0. The minimum absolute atomic E-state index is 0.0316. The van der Waals surface area contributed by atoms with E-state index in [-0.39, 0.29) is 11.3 Å². The van der Waals surface area contributed by atoms with Gasteiger partial charge in [0.15, 0.2) is 5.76 Å². The van der Waals surface area contributed by atoms with Crippen LogP contribution in [0.4, 0.5) is 5.69 Å². The maximum absolute atomic E-state index is 12.7. The van der Waals surface area contributed by atoms with Gasteiger partial charge in [-0.3, -0.25) is 9.78 Å². The van der Waals surface area contributed by atoms with Gasteiger partial charge >= 0.3 is 0 Å². The van der Waals surface area contributed by atoms with E-state index in [9.17, 15) is 4.79 Å². The van der Waals surface area contributed by atoms with Crippen molar-refractivity contribution in [3.05, 3.63) is 84.1 Å². The zero-order valence-electron chi connectivity index (χ0n) is 15.0. The molecule has 1 saturated heterocycles. The highest BCUT2D eigenvalue weighted by atomic mass is 16.3. The lowest BCUT2D eigenvalue weighted by Crippen LogP contribution is -2.38. The van der Waals surface area contributed by atoms with Crippen LogP contribution in [0.3, 0.4) is 0 Å². The van der Waals surface area contributed by atoms with E-state index in [1.807, 2.05) is 23.2 Å². The quantitative estimate of drug-likeness (QED) is 0.718. The Morgan fingerprint density at radius 2 is 1.96 bits per heavy atom.